The Morgan fingerprint density at radius 2 is 1.94 bits per heavy atom. The average molecular weight is 464 g/mol. The van der Waals surface area contributed by atoms with Crippen molar-refractivity contribution in [2.45, 2.75) is 26.3 Å². The molecule has 32 heavy (non-hydrogen) atoms. The molecule has 0 unspecified atom stereocenters. The first kappa shape index (κ1) is 21.4. The first-order valence-corrected chi connectivity index (χ1v) is 12.3. The summed E-state index contributed by atoms with van der Waals surface area (Å²) in [5, 5.41) is 5.50. The van der Waals surface area contributed by atoms with Gasteiger partial charge in [0, 0.05) is 28.6 Å². The minimum atomic E-state index is -0.0199. The summed E-state index contributed by atoms with van der Waals surface area (Å²) in [5.41, 5.74) is 3.55. The quantitative estimate of drug-likeness (QED) is 0.366. The lowest BCUT2D eigenvalue weighted by molar-refractivity contribution is 0.0939. The van der Waals surface area contributed by atoms with Crippen LogP contribution in [0.5, 0.6) is 0 Å². The zero-order valence-electron chi connectivity index (χ0n) is 18.1. The molecule has 0 atom stereocenters. The van der Waals surface area contributed by atoms with E-state index >= 15 is 0 Å². The van der Waals surface area contributed by atoms with E-state index in [0.29, 0.717) is 15.9 Å². The minimum absolute atomic E-state index is 0.0199. The standard InChI is InChI=1S/C26H26ClN3OS/c1-17-5-4-6-19(13-17)16-30-11-9-18(10-12-30)15-28-26(31)23-14-21-24(32-23)20-7-2-3-8-22(20)29-25(21)27/h2-8,13-14,18H,9-12,15-16H2,1H3,(H,28,31). The van der Waals surface area contributed by atoms with Crippen molar-refractivity contribution in [3.05, 3.63) is 75.8 Å². The fourth-order valence-electron chi connectivity index (χ4n) is 4.53. The molecule has 2 aromatic carbocycles. The van der Waals surface area contributed by atoms with Crippen LogP contribution in [0.4, 0.5) is 0 Å². The lowest BCUT2D eigenvalue weighted by atomic mass is 9.96. The normalized spacial score (nSPS) is 15.4. The molecular weight excluding hydrogens is 438 g/mol. The number of benzene rings is 2. The van der Waals surface area contributed by atoms with Gasteiger partial charge in [-0.15, -0.1) is 11.3 Å². The Morgan fingerprint density at radius 1 is 1.12 bits per heavy atom. The number of hydrogen-bond donors (Lipinski definition) is 1. The van der Waals surface area contributed by atoms with Crippen LogP contribution in [-0.4, -0.2) is 35.4 Å². The van der Waals surface area contributed by atoms with Crippen molar-refractivity contribution < 1.29 is 4.79 Å². The molecule has 0 aliphatic carbocycles. The molecule has 6 heteroatoms. The number of rotatable bonds is 5. The summed E-state index contributed by atoms with van der Waals surface area (Å²) in [7, 11) is 0. The van der Waals surface area contributed by atoms with Crippen LogP contribution in [-0.2, 0) is 6.54 Å². The molecule has 3 heterocycles. The average Bonchev–Trinajstić information content (AvgIpc) is 3.25. The lowest BCUT2D eigenvalue weighted by Gasteiger charge is -2.32. The number of nitrogens with zero attached hydrogens (tertiary/aromatic N) is 2. The van der Waals surface area contributed by atoms with Crippen LogP contribution in [0.25, 0.3) is 21.0 Å². The van der Waals surface area contributed by atoms with E-state index in [0.717, 1.165) is 60.0 Å². The van der Waals surface area contributed by atoms with Crippen molar-refractivity contribution in [2.24, 2.45) is 5.92 Å². The van der Waals surface area contributed by atoms with Crippen LogP contribution in [0.3, 0.4) is 0 Å². The molecule has 4 nitrogen and oxygen atoms in total. The smallest absolute Gasteiger partial charge is 0.261 e. The number of aromatic nitrogens is 1. The summed E-state index contributed by atoms with van der Waals surface area (Å²) < 4.78 is 1.02. The summed E-state index contributed by atoms with van der Waals surface area (Å²) >= 11 is 7.89. The Bertz CT molecular complexity index is 1280. The number of likely N-dealkylation sites (tertiary alicyclic amines) is 1. The van der Waals surface area contributed by atoms with Gasteiger partial charge in [0.2, 0.25) is 0 Å². The van der Waals surface area contributed by atoms with E-state index in [1.54, 1.807) is 0 Å². The lowest BCUT2D eigenvalue weighted by Crippen LogP contribution is -2.38. The molecule has 164 valence electrons. The van der Waals surface area contributed by atoms with Gasteiger partial charge < -0.3 is 5.32 Å². The summed E-state index contributed by atoms with van der Waals surface area (Å²) in [4.78, 5) is 20.5. The molecular formula is C26H26ClN3OS. The van der Waals surface area contributed by atoms with E-state index in [1.165, 1.54) is 22.5 Å². The minimum Gasteiger partial charge on any atom is -0.351 e. The predicted octanol–water partition coefficient (Wildman–Crippen LogP) is 6.05. The number of piperidine rings is 1. The van der Waals surface area contributed by atoms with Crippen LogP contribution in [0.2, 0.25) is 5.15 Å². The molecule has 0 saturated carbocycles. The second-order valence-electron chi connectivity index (χ2n) is 8.69. The van der Waals surface area contributed by atoms with Crippen molar-refractivity contribution in [1.29, 1.82) is 0 Å². The highest BCUT2D eigenvalue weighted by Gasteiger charge is 2.21. The van der Waals surface area contributed by atoms with Crippen LogP contribution >= 0.6 is 22.9 Å². The molecule has 0 spiro atoms. The summed E-state index contributed by atoms with van der Waals surface area (Å²) in [5.74, 6) is 0.502. The highest BCUT2D eigenvalue weighted by molar-refractivity contribution is 7.21. The van der Waals surface area contributed by atoms with Crippen LogP contribution in [0.15, 0.2) is 54.6 Å². The third-order valence-electron chi connectivity index (χ3n) is 6.29. The number of halogens is 1. The van der Waals surface area contributed by atoms with Gasteiger partial charge in [0.25, 0.3) is 5.91 Å². The zero-order valence-corrected chi connectivity index (χ0v) is 19.7. The SMILES string of the molecule is Cc1cccc(CN2CCC(CNC(=O)c3cc4c(Cl)nc5ccccc5c4s3)CC2)c1. The Hall–Kier alpha value is -2.47. The van der Waals surface area contributed by atoms with E-state index in [2.05, 4.69) is 46.4 Å². The maximum Gasteiger partial charge on any atom is 0.261 e. The molecule has 5 rings (SSSR count). The fraction of sp³-hybridized carbons (Fsp3) is 0.308. The monoisotopic (exact) mass is 463 g/mol. The maximum atomic E-state index is 12.9. The van der Waals surface area contributed by atoms with Crippen molar-refractivity contribution in [2.75, 3.05) is 19.6 Å². The van der Waals surface area contributed by atoms with E-state index < -0.39 is 0 Å². The number of carbonyl (C=O) groups excluding carboxylic acids is 1. The predicted molar refractivity (Wildman–Crippen MR) is 134 cm³/mol. The Kier molecular flexibility index (Phi) is 6.13. The second-order valence-corrected chi connectivity index (χ2v) is 10.1. The first-order valence-electron chi connectivity index (χ1n) is 11.1. The molecule has 4 aromatic rings. The largest absolute Gasteiger partial charge is 0.351 e. The second kappa shape index (κ2) is 9.18. The summed E-state index contributed by atoms with van der Waals surface area (Å²) in [6.45, 7) is 6.01. The van der Waals surface area contributed by atoms with Crippen LogP contribution in [0.1, 0.15) is 33.6 Å². The summed E-state index contributed by atoms with van der Waals surface area (Å²) in [6, 6.07) is 18.5. The highest BCUT2D eigenvalue weighted by atomic mass is 35.5. The number of carbonyl (C=O) groups is 1. The Morgan fingerprint density at radius 3 is 2.75 bits per heavy atom. The van der Waals surface area contributed by atoms with Gasteiger partial charge in [0.05, 0.1) is 10.4 Å². The van der Waals surface area contributed by atoms with Gasteiger partial charge in [-0.2, -0.15) is 0 Å². The summed E-state index contributed by atoms with van der Waals surface area (Å²) in [6.07, 6.45) is 2.22. The molecule has 2 aromatic heterocycles. The highest BCUT2D eigenvalue weighted by Crippen LogP contribution is 2.35. The molecule has 0 bridgehead atoms. The Balaban J connectivity index is 1.19. The molecule has 0 radical (unpaired) electrons. The van der Waals surface area contributed by atoms with Crippen molar-refractivity contribution in [3.8, 4) is 0 Å². The fourth-order valence-corrected chi connectivity index (χ4v) is 5.93. The van der Waals surface area contributed by atoms with Crippen molar-refractivity contribution >= 4 is 49.8 Å². The maximum absolute atomic E-state index is 12.9. The van der Waals surface area contributed by atoms with Gasteiger partial charge in [-0.1, -0.05) is 59.6 Å². The van der Waals surface area contributed by atoms with Crippen LogP contribution in [0, 0.1) is 12.8 Å². The Labute approximate surface area is 197 Å². The molecule has 1 N–H and O–H groups in total. The number of hydrogen-bond acceptors (Lipinski definition) is 4. The zero-order chi connectivity index (χ0) is 22.1. The number of amides is 1. The molecule has 1 aliphatic heterocycles. The number of pyridine rings is 1. The number of nitrogens with one attached hydrogen (secondary N) is 1. The van der Waals surface area contributed by atoms with E-state index in [1.807, 2.05) is 30.3 Å². The molecule has 1 amide bonds. The van der Waals surface area contributed by atoms with E-state index in [9.17, 15) is 4.79 Å². The van der Waals surface area contributed by atoms with Gasteiger partial charge in [0.15, 0.2) is 0 Å². The molecule has 1 fully saturated rings. The van der Waals surface area contributed by atoms with Gasteiger partial charge in [-0.25, -0.2) is 4.98 Å². The third kappa shape index (κ3) is 4.51. The van der Waals surface area contributed by atoms with Crippen LogP contribution < -0.4 is 5.32 Å². The van der Waals surface area contributed by atoms with Gasteiger partial charge >= 0.3 is 0 Å². The number of thiophene rings is 1. The van der Waals surface area contributed by atoms with Gasteiger partial charge in [-0.05, 0) is 56.5 Å². The molecule has 1 saturated heterocycles. The number of aryl methyl sites for hydroxylation is 1. The van der Waals surface area contributed by atoms with Crippen molar-refractivity contribution in [1.82, 2.24) is 15.2 Å². The van der Waals surface area contributed by atoms with E-state index in [4.69, 9.17) is 11.6 Å². The van der Waals surface area contributed by atoms with Gasteiger partial charge in [0.1, 0.15) is 5.15 Å². The van der Waals surface area contributed by atoms with Crippen molar-refractivity contribution in [3.63, 3.8) is 0 Å². The first-order chi connectivity index (χ1) is 15.6. The van der Waals surface area contributed by atoms with Gasteiger partial charge in [-0.3, -0.25) is 9.69 Å². The topological polar surface area (TPSA) is 45.2 Å². The number of para-hydroxylation sites is 1. The molecule has 1 aliphatic rings. The third-order valence-corrected chi connectivity index (χ3v) is 7.75. The van der Waals surface area contributed by atoms with E-state index in [-0.39, 0.29) is 5.91 Å². The number of fused-ring (bicyclic) bond motifs is 3.